The molecular weight excluding hydrogens is 280 g/mol. The summed E-state index contributed by atoms with van der Waals surface area (Å²) in [6, 6.07) is 5.25. The van der Waals surface area contributed by atoms with E-state index in [1.54, 1.807) is 0 Å². The fourth-order valence-corrected chi connectivity index (χ4v) is 4.10. The third kappa shape index (κ3) is 3.16. The first-order chi connectivity index (χ1) is 9.21. The van der Waals surface area contributed by atoms with Crippen LogP contribution >= 0.6 is 0 Å². The van der Waals surface area contributed by atoms with E-state index in [2.05, 4.69) is 18.6 Å². The van der Waals surface area contributed by atoms with Crippen molar-refractivity contribution in [3.63, 3.8) is 0 Å². The van der Waals surface area contributed by atoms with E-state index in [9.17, 15) is 18.5 Å². The third-order valence-corrected chi connectivity index (χ3v) is 5.21. The maximum Gasteiger partial charge on any atom is 0.289 e. The molecule has 0 heterocycles. The summed E-state index contributed by atoms with van der Waals surface area (Å²) >= 11 is 0. The molecule has 110 valence electrons. The van der Waals surface area contributed by atoms with Crippen LogP contribution in [0.3, 0.4) is 0 Å². The highest BCUT2D eigenvalue weighted by Gasteiger charge is 2.35. The molecule has 7 heteroatoms. The van der Waals surface area contributed by atoms with Crippen LogP contribution in [0.15, 0.2) is 29.2 Å². The number of sulfonamides is 1. The summed E-state index contributed by atoms with van der Waals surface area (Å²) in [6.07, 6.45) is 2.44. The van der Waals surface area contributed by atoms with Crippen LogP contribution in [-0.4, -0.2) is 19.4 Å². The Labute approximate surface area is 118 Å². The number of rotatable bonds is 4. The molecule has 0 bridgehead atoms. The Morgan fingerprint density at radius 3 is 2.55 bits per heavy atom. The zero-order valence-corrected chi connectivity index (χ0v) is 12.3. The smallest absolute Gasteiger partial charge is 0.258 e. The second kappa shape index (κ2) is 5.14. The number of hydrogen-bond donors (Lipinski definition) is 1. The first kappa shape index (κ1) is 14.9. The predicted molar refractivity (Wildman–Crippen MR) is 74.8 cm³/mol. The number of benzene rings is 1. The average Bonchev–Trinajstić information content (AvgIpc) is 2.68. The molecule has 0 radical (unpaired) electrons. The Morgan fingerprint density at radius 1 is 1.35 bits per heavy atom. The molecule has 1 aliphatic carbocycles. The van der Waals surface area contributed by atoms with Gasteiger partial charge in [0.15, 0.2) is 4.90 Å². The van der Waals surface area contributed by atoms with Gasteiger partial charge in [0.05, 0.1) is 4.92 Å². The van der Waals surface area contributed by atoms with Gasteiger partial charge in [0.1, 0.15) is 0 Å². The predicted octanol–water partition coefficient (Wildman–Crippen LogP) is 2.45. The van der Waals surface area contributed by atoms with E-state index in [-0.39, 0.29) is 16.4 Å². The second-order valence-electron chi connectivity index (χ2n) is 5.95. The van der Waals surface area contributed by atoms with Crippen LogP contribution in [-0.2, 0) is 10.0 Å². The summed E-state index contributed by atoms with van der Waals surface area (Å²) in [5.74, 6) is 0. The Morgan fingerprint density at radius 2 is 2.00 bits per heavy atom. The van der Waals surface area contributed by atoms with Crippen LogP contribution in [0, 0.1) is 15.5 Å². The fraction of sp³-hybridized carbons (Fsp3) is 0.538. The van der Waals surface area contributed by atoms with E-state index >= 15 is 0 Å². The highest BCUT2D eigenvalue weighted by Crippen LogP contribution is 2.37. The first-order valence-corrected chi connectivity index (χ1v) is 7.95. The lowest BCUT2D eigenvalue weighted by Crippen LogP contribution is -2.33. The lowest BCUT2D eigenvalue weighted by Gasteiger charge is -2.17. The maximum absolute atomic E-state index is 12.3. The van der Waals surface area contributed by atoms with Gasteiger partial charge in [0, 0.05) is 12.1 Å². The first-order valence-electron chi connectivity index (χ1n) is 6.47. The SMILES string of the molecule is CC1(C)CCC(NS(=O)(=O)c2ccccc2[N+](=O)[O-])C1. The van der Waals surface area contributed by atoms with Gasteiger partial charge in [-0.1, -0.05) is 26.0 Å². The van der Waals surface area contributed by atoms with Gasteiger partial charge >= 0.3 is 0 Å². The van der Waals surface area contributed by atoms with Gasteiger partial charge in [0.2, 0.25) is 10.0 Å². The van der Waals surface area contributed by atoms with Crippen molar-refractivity contribution in [1.82, 2.24) is 4.72 Å². The largest absolute Gasteiger partial charge is 0.289 e. The number of nitro groups is 1. The number of nitrogens with zero attached hydrogens (tertiary/aromatic N) is 1. The van der Waals surface area contributed by atoms with Crippen LogP contribution in [0.1, 0.15) is 33.1 Å². The maximum atomic E-state index is 12.3. The summed E-state index contributed by atoms with van der Waals surface area (Å²) in [5, 5.41) is 10.9. The van der Waals surface area contributed by atoms with Gasteiger partial charge in [-0.3, -0.25) is 10.1 Å². The molecule has 2 rings (SSSR count). The minimum absolute atomic E-state index is 0.107. The van der Waals surface area contributed by atoms with Gasteiger partial charge in [-0.2, -0.15) is 0 Å². The number of nitro benzene ring substituents is 1. The second-order valence-corrected chi connectivity index (χ2v) is 7.63. The third-order valence-electron chi connectivity index (χ3n) is 3.64. The molecule has 1 N–H and O–H groups in total. The van der Waals surface area contributed by atoms with Crippen LogP contribution < -0.4 is 4.72 Å². The van der Waals surface area contributed by atoms with Gasteiger partial charge in [-0.15, -0.1) is 0 Å². The minimum Gasteiger partial charge on any atom is -0.258 e. The molecule has 0 aliphatic heterocycles. The highest BCUT2D eigenvalue weighted by atomic mass is 32.2. The molecule has 0 amide bonds. The molecule has 1 unspecified atom stereocenters. The van der Waals surface area contributed by atoms with Crippen LogP contribution in [0.5, 0.6) is 0 Å². The standard InChI is InChI=1S/C13H18N2O4S/c1-13(2)8-7-10(9-13)14-20(18,19)12-6-4-3-5-11(12)15(16)17/h3-6,10,14H,7-9H2,1-2H3. The summed E-state index contributed by atoms with van der Waals surface area (Å²) < 4.78 is 27.2. The van der Waals surface area contributed by atoms with Crippen molar-refractivity contribution < 1.29 is 13.3 Å². The fourth-order valence-electron chi connectivity index (χ4n) is 2.65. The molecule has 1 saturated carbocycles. The van der Waals surface area contributed by atoms with Gasteiger partial charge in [-0.05, 0) is 30.7 Å². The average molecular weight is 298 g/mol. The van der Waals surface area contributed by atoms with Crippen molar-refractivity contribution in [3.8, 4) is 0 Å². The Hall–Kier alpha value is -1.47. The van der Waals surface area contributed by atoms with Crippen molar-refractivity contribution in [3.05, 3.63) is 34.4 Å². The van der Waals surface area contributed by atoms with Crippen molar-refractivity contribution >= 4 is 15.7 Å². The summed E-state index contributed by atoms with van der Waals surface area (Å²) in [5.41, 5.74) is -0.284. The van der Waals surface area contributed by atoms with Crippen LogP contribution in [0.4, 0.5) is 5.69 Å². The molecule has 0 aromatic heterocycles. The lowest BCUT2D eigenvalue weighted by molar-refractivity contribution is -0.387. The zero-order valence-electron chi connectivity index (χ0n) is 11.5. The number of nitrogens with one attached hydrogen (secondary N) is 1. The molecule has 0 spiro atoms. The van der Waals surface area contributed by atoms with Crippen molar-refractivity contribution in [2.75, 3.05) is 0 Å². The van der Waals surface area contributed by atoms with Gasteiger partial charge in [0.25, 0.3) is 5.69 Å². The molecule has 1 aliphatic rings. The molecule has 1 aromatic rings. The van der Waals surface area contributed by atoms with E-state index in [4.69, 9.17) is 0 Å². The summed E-state index contributed by atoms with van der Waals surface area (Å²) in [4.78, 5) is 9.98. The normalized spacial score (nSPS) is 21.8. The monoisotopic (exact) mass is 298 g/mol. The molecule has 1 aromatic carbocycles. The van der Waals surface area contributed by atoms with Crippen LogP contribution in [0.25, 0.3) is 0 Å². The van der Waals surface area contributed by atoms with Gasteiger partial charge < -0.3 is 0 Å². The highest BCUT2D eigenvalue weighted by molar-refractivity contribution is 7.89. The minimum atomic E-state index is -3.86. The number of hydrogen-bond acceptors (Lipinski definition) is 4. The van der Waals surface area contributed by atoms with Gasteiger partial charge in [-0.25, -0.2) is 13.1 Å². The topological polar surface area (TPSA) is 89.3 Å². The van der Waals surface area contributed by atoms with E-state index in [0.29, 0.717) is 0 Å². The quantitative estimate of drug-likeness (QED) is 0.683. The van der Waals surface area contributed by atoms with Crippen LogP contribution in [0.2, 0.25) is 0 Å². The molecule has 6 nitrogen and oxygen atoms in total. The molecule has 1 atom stereocenters. The van der Waals surface area contributed by atoms with E-state index in [1.807, 2.05) is 0 Å². The Bertz CT molecular complexity index is 625. The lowest BCUT2D eigenvalue weighted by atomic mass is 9.92. The Balaban J connectivity index is 2.26. The molecular formula is C13H18N2O4S. The van der Waals surface area contributed by atoms with E-state index < -0.39 is 20.6 Å². The summed E-state index contributed by atoms with van der Waals surface area (Å²) in [6.45, 7) is 4.18. The molecule has 1 fully saturated rings. The summed E-state index contributed by atoms with van der Waals surface area (Å²) in [7, 11) is -3.86. The number of para-hydroxylation sites is 1. The van der Waals surface area contributed by atoms with Crippen molar-refractivity contribution in [1.29, 1.82) is 0 Å². The van der Waals surface area contributed by atoms with E-state index in [1.165, 1.54) is 24.3 Å². The van der Waals surface area contributed by atoms with E-state index in [0.717, 1.165) is 19.3 Å². The van der Waals surface area contributed by atoms with Crippen molar-refractivity contribution in [2.24, 2.45) is 5.41 Å². The Kier molecular flexibility index (Phi) is 3.84. The molecule has 0 saturated heterocycles. The molecule has 20 heavy (non-hydrogen) atoms. The zero-order chi connectivity index (χ0) is 15.0. The van der Waals surface area contributed by atoms with Crippen molar-refractivity contribution in [2.45, 2.75) is 44.0 Å².